The van der Waals surface area contributed by atoms with Gasteiger partial charge in [0.25, 0.3) is 0 Å². The lowest BCUT2D eigenvalue weighted by Gasteiger charge is -2.06. The summed E-state index contributed by atoms with van der Waals surface area (Å²) in [5.41, 5.74) is 1.05. The molecular weight excluding hydrogens is 220 g/mol. The zero-order valence-electron chi connectivity index (χ0n) is 9.86. The van der Waals surface area contributed by atoms with Crippen molar-refractivity contribution >= 4 is 17.5 Å². The van der Waals surface area contributed by atoms with E-state index in [0.717, 1.165) is 30.1 Å². The van der Waals surface area contributed by atoms with E-state index in [1.807, 2.05) is 36.0 Å². The zero-order chi connectivity index (χ0) is 11.8. The molecular formula is C13H18O2S. The Balaban J connectivity index is 2.36. The Labute approximate surface area is 101 Å². The van der Waals surface area contributed by atoms with Gasteiger partial charge in [-0.15, -0.1) is 0 Å². The van der Waals surface area contributed by atoms with Crippen LogP contribution < -0.4 is 4.74 Å². The molecule has 0 saturated heterocycles. The summed E-state index contributed by atoms with van der Waals surface area (Å²) in [6, 6.07) is 7.76. The standard InChI is InChI=1S/C13H18O2S/c1-11(14)10-12-4-6-13(7-5-12)15-8-3-9-16-2/h4-7H,3,8-10H2,1-2H3. The molecule has 0 saturated carbocycles. The first-order valence-corrected chi connectivity index (χ1v) is 6.82. The normalized spacial score (nSPS) is 10.1. The topological polar surface area (TPSA) is 26.3 Å². The van der Waals surface area contributed by atoms with Gasteiger partial charge in [0.2, 0.25) is 0 Å². The number of benzene rings is 1. The number of Topliss-reactive ketones (excluding diaryl/α,β-unsaturated/α-hetero) is 1. The second kappa shape index (κ2) is 7.34. The minimum Gasteiger partial charge on any atom is -0.494 e. The molecule has 1 aromatic rings. The molecule has 0 heterocycles. The van der Waals surface area contributed by atoms with Crippen LogP contribution in [0.25, 0.3) is 0 Å². The van der Waals surface area contributed by atoms with Gasteiger partial charge in [-0.2, -0.15) is 11.8 Å². The molecule has 0 fully saturated rings. The van der Waals surface area contributed by atoms with E-state index in [4.69, 9.17) is 4.74 Å². The highest BCUT2D eigenvalue weighted by atomic mass is 32.2. The van der Waals surface area contributed by atoms with Gasteiger partial charge < -0.3 is 4.74 Å². The second-order valence-corrected chi connectivity index (χ2v) is 4.70. The maximum atomic E-state index is 10.9. The van der Waals surface area contributed by atoms with E-state index in [9.17, 15) is 4.79 Å². The highest BCUT2D eigenvalue weighted by molar-refractivity contribution is 7.98. The van der Waals surface area contributed by atoms with Crippen LogP contribution in [0.2, 0.25) is 0 Å². The molecule has 2 nitrogen and oxygen atoms in total. The lowest BCUT2D eigenvalue weighted by molar-refractivity contribution is -0.116. The first-order valence-electron chi connectivity index (χ1n) is 5.42. The number of thioether (sulfide) groups is 1. The largest absolute Gasteiger partial charge is 0.494 e. The third-order valence-electron chi connectivity index (χ3n) is 2.14. The third kappa shape index (κ3) is 5.21. The summed E-state index contributed by atoms with van der Waals surface area (Å²) in [4.78, 5) is 10.9. The predicted octanol–water partition coefficient (Wildman–Crippen LogP) is 2.95. The number of carbonyl (C=O) groups is 1. The van der Waals surface area contributed by atoms with E-state index in [-0.39, 0.29) is 5.78 Å². The van der Waals surface area contributed by atoms with Gasteiger partial charge in [-0.1, -0.05) is 12.1 Å². The molecule has 16 heavy (non-hydrogen) atoms. The van der Waals surface area contributed by atoms with E-state index < -0.39 is 0 Å². The van der Waals surface area contributed by atoms with Crippen LogP contribution in [0.5, 0.6) is 5.75 Å². The molecule has 0 N–H and O–H groups in total. The van der Waals surface area contributed by atoms with Gasteiger partial charge in [-0.05, 0) is 43.0 Å². The Bertz CT molecular complexity index is 319. The number of rotatable bonds is 7. The molecule has 0 aliphatic heterocycles. The smallest absolute Gasteiger partial charge is 0.134 e. The highest BCUT2D eigenvalue weighted by Crippen LogP contribution is 2.13. The Kier molecular flexibility index (Phi) is 6.01. The number of ketones is 1. The Hall–Kier alpha value is -0.960. The van der Waals surface area contributed by atoms with Crippen LogP contribution in [0.4, 0.5) is 0 Å². The molecule has 0 radical (unpaired) electrons. The fourth-order valence-electron chi connectivity index (χ4n) is 1.38. The second-order valence-electron chi connectivity index (χ2n) is 3.72. The van der Waals surface area contributed by atoms with Gasteiger partial charge in [0.1, 0.15) is 11.5 Å². The van der Waals surface area contributed by atoms with Gasteiger partial charge in [0.15, 0.2) is 0 Å². The van der Waals surface area contributed by atoms with E-state index in [1.165, 1.54) is 0 Å². The van der Waals surface area contributed by atoms with Crippen molar-refractivity contribution in [1.82, 2.24) is 0 Å². The fourth-order valence-corrected chi connectivity index (χ4v) is 1.79. The van der Waals surface area contributed by atoms with Crippen molar-refractivity contribution < 1.29 is 9.53 Å². The molecule has 0 amide bonds. The van der Waals surface area contributed by atoms with Crippen molar-refractivity contribution in [3.63, 3.8) is 0 Å². The number of hydrogen-bond acceptors (Lipinski definition) is 3. The maximum absolute atomic E-state index is 10.9. The van der Waals surface area contributed by atoms with Crippen molar-refractivity contribution in [3.05, 3.63) is 29.8 Å². The van der Waals surface area contributed by atoms with Gasteiger partial charge in [-0.3, -0.25) is 4.79 Å². The van der Waals surface area contributed by atoms with Crippen molar-refractivity contribution in [1.29, 1.82) is 0 Å². The van der Waals surface area contributed by atoms with Gasteiger partial charge >= 0.3 is 0 Å². The van der Waals surface area contributed by atoms with Crippen LogP contribution in [-0.4, -0.2) is 24.4 Å². The lowest BCUT2D eigenvalue weighted by atomic mass is 10.1. The highest BCUT2D eigenvalue weighted by Gasteiger charge is 1.98. The minimum absolute atomic E-state index is 0.189. The monoisotopic (exact) mass is 238 g/mol. The quantitative estimate of drug-likeness (QED) is 0.683. The summed E-state index contributed by atoms with van der Waals surface area (Å²) in [6.45, 7) is 2.36. The number of ether oxygens (including phenoxy) is 1. The predicted molar refractivity (Wildman–Crippen MR) is 69.3 cm³/mol. The summed E-state index contributed by atoms with van der Waals surface area (Å²) in [6.07, 6.45) is 3.67. The molecule has 0 aromatic heterocycles. The average Bonchev–Trinajstić information content (AvgIpc) is 2.26. The van der Waals surface area contributed by atoms with Crippen LogP contribution in [0.1, 0.15) is 18.9 Å². The van der Waals surface area contributed by atoms with Crippen molar-refractivity contribution in [2.24, 2.45) is 0 Å². The van der Waals surface area contributed by atoms with Crippen LogP contribution in [-0.2, 0) is 11.2 Å². The van der Waals surface area contributed by atoms with Gasteiger partial charge in [-0.25, -0.2) is 0 Å². The molecule has 1 rings (SSSR count). The lowest BCUT2D eigenvalue weighted by Crippen LogP contribution is -1.99. The van der Waals surface area contributed by atoms with Gasteiger partial charge in [0.05, 0.1) is 6.61 Å². The SMILES string of the molecule is CSCCCOc1ccc(CC(C)=O)cc1. The van der Waals surface area contributed by atoms with Crippen molar-refractivity contribution in [2.75, 3.05) is 18.6 Å². The summed E-state index contributed by atoms with van der Waals surface area (Å²) < 4.78 is 5.57. The summed E-state index contributed by atoms with van der Waals surface area (Å²) in [5.74, 6) is 2.20. The average molecular weight is 238 g/mol. The number of hydrogen-bond donors (Lipinski definition) is 0. The molecule has 0 aliphatic rings. The summed E-state index contributed by atoms with van der Waals surface area (Å²) >= 11 is 1.83. The molecule has 0 aliphatic carbocycles. The van der Waals surface area contributed by atoms with Crippen LogP contribution >= 0.6 is 11.8 Å². The van der Waals surface area contributed by atoms with E-state index in [0.29, 0.717) is 6.42 Å². The van der Waals surface area contributed by atoms with Crippen molar-refractivity contribution in [2.45, 2.75) is 19.8 Å². The van der Waals surface area contributed by atoms with E-state index in [2.05, 4.69) is 6.26 Å². The molecule has 0 bridgehead atoms. The minimum atomic E-state index is 0.189. The molecule has 88 valence electrons. The van der Waals surface area contributed by atoms with E-state index >= 15 is 0 Å². The first kappa shape index (κ1) is 13.1. The number of carbonyl (C=O) groups excluding carboxylic acids is 1. The molecule has 0 unspecified atom stereocenters. The van der Waals surface area contributed by atoms with Crippen LogP contribution in [0, 0.1) is 0 Å². The summed E-state index contributed by atoms with van der Waals surface area (Å²) in [5, 5.41) is 0. The molecule has 3 heteroatoms. The summed E-state index contributed by atoms with van der Waals surface area (Å²) in [7, 11) is 0. The molecule has 0 atom stereocenters. The molecule has 1 aromatic carbocycles. The first-order chi connectivity index (χ1) is 7.72. The van der Waals surface area contributed by atoms with Crippen LogP contribution in [0.15, 0.2) is 24.3 Å². The maximum Gasteiger partial charge on any atom is 0.134 e. The fraction of sp³-hybridized carbons (Fsp3) is 0.462. The zero-order valence-corrected chi connectivity index (χ0v) is 10.7. The van der Waals surface area contributed by atoms with Crippen LogP contribution in [0.3, 0.4) is 0 Å². The Morgan fingerprint density at radius 2 is 2.00 bits per heavy atom. The molecule has 0 spiro atoms. The van der Waals surface area contributed by atoms with E-state index in [1.54, 1.807) is 6.92 Å². The Morgan fingerprint density at radius 3 is 2.56 bits per heavy atom. The van der Waals surface area contributed by atoms with Crippen molar-refractivity contribution in [3.8, 4) is 5.75 Å². The third-order valence-corrected chi connectivity index (χ3v) is 2.83. The van der Waals surface area contributed by atoms with Gasteiger partial charge in [0, 0.05) is 6.42 Å². The Morgan fingerprint density at radius 1 is 1.31 bits per heavy atom.